The summed E-state index contributed by atoms with van der Waals surface area (Å²) in [5.41, 5.74) is -0.0538. The third-order valence-electron chi connectivity index (χ3n) is 4.32. The standard InChI is InChI=1S/C16H22Cl2N2O5S/c1-3-11(21)10-19-4-6-20(7-5-19)26(23,24)15-8-12(16(22)25-2)13(17)9-14(15)18/h8-9,11,21H,3-7,10H2,1-2H3/t11-/m0/s1. The van der Waals surface area contributed by atoms with E-state index in [2.05, 4.69) is 4.74 Å². The molecule has 10 heteroatoms. The van der Waals surface area contributed by atoms with Crippen LogP contribution in [-0.4, -0.2) is 74.6 Å². The number of aliphatic hydroxyl groups excluding tert-OH is 1. The Bertz CT molecular complexity index is 764. The van der Waals surface area contributed by atoms with Gasteiger partial charge in [0, 0.05) is 32.7 Å². The smallest absolute Gasteiger partial charge is 0.339 e. The maximum absolute atomic E-state index is 12.9. The third kappa shape index (κ3) is 4.68. The monoisotopic (exact) mass is 424 g/mol. The van der Waals surface area contributed by atoms with E-state index >= 15 is 0 Å². The molecular formula is C16H22Cl2N2O5S. The molecule has 1 N–H and O–H groups in total. The molecule has 1 aliphatic heterocycles. The van der Waals surface area contributed by atoms with Crippen LogP contribution in [0, 0.1) is 0 Å². The van der Waals surface area contributed by atoms with Gasteiger partial charge in [-0.2, -0.15) is 4.31 Å². The highest BCUT2D eigenvalue weighted by atomic mass is 35.5. The Morgan fingerprint density at radius 2 is 1.85 bits per heavy atom. The number of carbonyl (C=O) groups excluding carboxylic acids is 1. The fourth-order valence-electron chi connectivity index (χ4n) is 2.71. The van der Waals surface area contributed by atoms with Crippen molar-refractivity contribution >= 4 is 39.2 Å². The Morgan fingerprint density at radius 3 is 2.38 bits per heavy atom. The number of ether oxygens (including phenoxy) is 1. The molecule has 2 rings (SSSR count). The van der Waals surface area contributed by atoms with E-state index < -0.39 is 22.1 Å². The van der Waals surface area contributed by atoms with Gasteiger partial charge in [-0.3, -0.25) is 4.90 Å². The summed E-state index contributed by atoms with van der Waals surface area (Å²) in [5.74, 6) is -0.735. The van der Waals surface area contributed by atoms with Crippen LogP contribution in [0.3, 0.4) is 0 Å². The number of rotatable bonds is 6. The minimum Gasteiger partial charge on any atom is -0.465 e. The molecule has 1 atom stereocenters. The van der Waals surface area contributed by atoms with Crippen molar-refractivity contribution in [2.75, 3.05) is 39.8 Å². The number of benzene rings is 1. The van der Waals surface area contributed by atoms with E-state index in [1.165, 1.54) is 17.5 Å². The van der Waals surface area contributed by atoms with Crippen molar-refractivity contribution in [3.8, 4) is 0 Å². The molecule has 0 unspecified atom stereocenters. The highest BCUT2D eigenvalue weighted by Crippen LogP contribution is 2.31. The molecule has 0 radical (unpaired) electrons. The number of nitrogens with zero attached hydrogens (tertiary/aromatic N) is 2. The van der Waals surface area contributed by atoms with Gasteiger partial charge in [0.2, 0.25) is 10.0 Å². The van der Waals surface area contributed by atoms with Crippen molar-refractivity contribution < 1.29 is 23.1 Å². The van der Waals surface area contributed by atoms with Gasteiger partial charge in [-0.15, -0.1) is 0 Å². The second-order valence-electron chi connectivity index (χ2n) is 6.02. The lowest BCUT2D eigenvalue weighted by Crippen LogP contribution is -2.50. The highest BCUT2D eigenvalue weighted by Gasteiger charge is 2.32. The van der Waals surface area contributed by atoms with E-state index in [4.69, 9.17) is 23.2 Å². The molecule has 7 nitrogen and oxygen atoms in total. The van der Waals surface area contributed by atoms with E-state index in [-0.39, 0.29) is 33.6 Å². The van der Waals surface area contributed by atoms with Gasteiger partial charge < -0.3 is 9.84 Å². The fourth-order valence-corrected chi connectivity index (χ4v) is 4.96. The normalized spacial score (nSPS) is 17.9. The molecule has 1 heterocycles. The van der Waals surface area contributed by atoms with E-state index in [0.29, 0.717) is 26.1 Å². The topological polar surface area (TPSA) is 87.2 Å². The summed E-state index contributed by atoms with van der Waals surface area (Å²) >= 11 is 12.1. The molecule has 1 aromatic rings. The number of carbonyl (C=O) groups is 1. The lowest BCUT2D eigenvalue weighted by Gasteiger charge is -2.35. The van der Waals surface area contributed by atoms with Crippen molar-refractivity contribution in [2.24, 2.45) is 0 Å². The number of hydrogen-bond donors (Lipinski definition) is 1. The summed E-state index contributed by atoms with van der Waals surface area (Å²) in [5, 5.41) is 9.71. The van der Waals surface area contributed by atoms with Crippen molar-refractivity contribution in [3.05, 3.63) is 27.7 Å². The van der Waals surface area contributed by atoms with Crippen LogP contribution in [0.25, 0.3) is 0 Å². The van der Waals surface area contributed by atoms with Crippen LogP contribution in [0.15, 0.2) is 17.0 Å². The number of esters is 1. The summed E-state index contributed by atoms with van der Waals surface area (Å²) in [6, 6.07) is 2.38. The summed E-state index contributed by atoms with van der Waals surface area (Å²) in [4.78, 5) is 13.6. The maximum atomic E-state index is 12.9. The first-order chi connectivity index (χ1) is 12.2. The van der Waals surface area contributed by atoms with Crippen LogP contribution in [0.4, 0.5) is 0 Å². The minimum absolute atomic E-state index is 0.0270. The maximum Gasteiger partial charge on any atom is 0.339 e. The molecule has 146 valence electrons. The Balaban J connectivity index is 2.22. The number of aliphatic hydroxyl groups is 1. The molecule has 1 aliphatic rings. The van der Waals surface area contributed by atoms with Gasteiger partial charge in [-0.25, -0.2) is 13.2 Å². The van der Waals surface area contributed by atoms with Crippen LogP contribution in [0.5, 0.6) is 0 Å². The van der Waals surface area contributed by atoms with Crippen molar-refractivity contribution in [2.45, 2.75) is 24.3 Å². The third-order valence-corrected chi connectivity index (χ3v) is 6.99. The zero-order valence-corrected chi connectivity index (χ0v) is 16.9. The Morgan fingerprint density at radius 1 is 1.23 bits per heavy atom. The molecule has 0 aromatic heterocycles. The van der Waals surface area contributed by atoms with Gasteiger partial charge in [0.15, 0.2) is 0 Å². The van der Waals surface area contributed by atoms with E-state index in [0.717, 1.165) is 6.07 Å². The SMILES string of the molecule is CC[C@H](O)CN1CCN(S(=O)(=O)c2cc(C(=O)OC)c(Cl)cc2Cl)CC1. The fraction of sp³-hybridized carbons (Fsp3) is 0.562. The summed E-state index contributed by atoms with van der Waals surface area (Å²) in [7, 11) is -2.70. The molecule has 0 bridgehead atoms. The molecule has 0 aliphatic carbocycles. The van der Waals surface area contributed by atoms with Crippen LogP contribution in [0.1, 0.15) is 23.7 Å². The van der Waals surface area contributed by atoms with Crippen LogP contribution in [-0.2, 0) is 14.8 Å². The van der Waals surface area contributed by atoms with E-state index in [1.54, 1.807) is 0 Å². The number of piperazine rings is 1. The zero-order chi connectivity index (χ0) is 19.5. The summed E-state index contributed by atoms with van der Waals surface area (Å²) < 4.78 is 31.8. The first kappa shape index (κ1) is 21.4. The molecule has 1 fully saturated rings. The van der Waals surface area contributed by atoms with Gasteiger partial charge in [0.25, 0.3) is 0 Å². The molecular weight excluding hydrogens is 403 g/mol. The average Bonchev–Trinajstić information content (AvgIpc) is 2.61. The highest BCUT2D eigenvalue weighted by molar-refractivity contribution is 7.89. The molecule has 0 amide bonds. The lowest BCUT2D eigenvalue weighted by atomic mass is 10.2. The van der Waals surface area contributed by atoms with E-state index in [1.807, 2.05) is 11.8 Å². The quantitative estimate of drug-likeness (QED) is 0.701. The summed E-state index contributed by atoms with van der Waals surface area (Å²) in [6.07, 6.45) is 0.223. The molecule has 1 saturated heterocycles. The van der Waals surface area contributed by atoms with Gasteiger partial charge >= 0.3 is 5.97 Å². The number of hydrogen-bond acceptors (Lipinski definition) is 6. The van der Waals surface area contributed by atoms with Crippen molar-refractivity contribution in [3.63, 3.8) is 0 Å². The number of methoxy groups -OCH3 is 1. The van der Waals surface area contributed by atoms with Crippen LogP contribution >= 0.6 is 23.2 Å². The lowest BCUT2D eigenvalue weighted by molar-refractivity contribution is 0.0600. The molecule has 26 heavy (non-hydrogen) atoms. The van der Waals surface area contributed by atoms with Gasteiger partial charge in [0.1, 0.15) is 4.90 Å². The number of sulfonamides is 1. The Hall–Kier alpha value is -0.900. The number of halogens is 2. The first-order valence-electron chi connectivity index (χ1n) is 8.18. The predicted octanol–water partition coefficient (Wildman–Crippen LogP) is 1.86. The van der Waals surface area contributed by atoms with Crippen LogP contribution in [0.2, 0.25) is 10.0 Å². The largest absolute Gasteiger partial charge is 0.465 e. The Kier molecular flexibility index (Phi) is 7.29. The van der Waals surface area contributed by atoms with E-state index in [9.17, 15) is 18.3 Å². The molecule has 1 aromatic carbocycles. The second-order valence-corrected chi connectivity index (χ2v) is 8.74. The van der Waals surface area contributed by atoms with Crippen molar-refractivity contribution in [1.82, 2.24) is 9.21 Å². The van der Waals surface area contributed by atoms with Crippen molar-refractivity contribution in [1.29, 1.82) is 0 Å². The first-order valence-corrected chi connectivity index (χ1v) is 10.4. The predicted molar refractivity (Wildman–Crippen MR) is 99.3 cm³/mol. The number of β-amino-alcohol motifs (C(OH)–C–C–N with tert-alkyl or cyclic N) is 1. The van der Waals surface area contributed by atoms with Gasteiger partial charge in [0.05, 0.1) is 28.8 Å². The summed E-state index contributed by atoms with van der Waals surface area (Å²) in [6.45, 7) is 3.96. The second kappa shape index (κ2) is 8.86. The zero-order valence-electron chi connectivity index (χ0n) is 14.6. The van der Waals surface area contributed by atoms with Gasteiger partial charge in [-0.1, -0.05) is 30.1 Å². The minimum atomic E-state index is -3.89. The average molecular weight is 425 g/mol. The molecule has 0 saturated carbocycles. The Labute approximate surface area is 163 Å². The molecule has 0 spiro atoms. The van der Waals surface area contributed by atoms with Gasteiger partial charge in [-0.05, 0) is 18.6 Å². The van der Waals surface area contributed by atoms with Crippen LogP contribution < -0.4 is 0 Å².